The quantitative estimate of drug-likeness (QED) is 0.543. The van der Waals surface area contributed by atoms with E-state index in [1.807, 2.05) is 29.6 Å². The molecule has 8 heteroatoms. The van der Waals surface area contributed by atoms with Gasteiger partial charge in [-0.15, -0.1) is 11.3 Å². The number of carbonyl (C=O) groups excluding carboxylic acids is 1. The van der Waals surface area contributed by atoms with Crippen LogP contribution >= 0.6 is 11.3 Å². The Morgan fingerprint density at radius 2 is 2.16 bits per heavy atom. The lowest BCUT2D eigenvalue weighted by atomic mass is 10.2. The van der Waals surface area contributed by atoms with Crippen LogP contribution in [-0.4, -0.2) is 29.2 Å². The second kappa shape index (κ2) is 7.54. The molecule has 1 aromatic carbocycles. The van der Waals surface area contributed by atoms with Crippen LogP contribution in [0.2, 0.25) is 0 Å². The van der Waals surface area contributed by atoms with Crippen LogP contribution in [0.1, 0.15) is 16.1 Å². The molecule has 0 spiro atoms. The van der Waals surface area contributed by atoms with E-state index in [0.29, 0.717) is 17.0 Å². The minimum Gasteiger partial charge on any atom is -0.496 e. The zero-order valence-corrected chi connectivity index (χ0v) is 14.0. The van der Waals surface area contributed by atoms with Crippen molar-refractivity contribution in [3.8, 4) is 16.3 Å². The molecule has 3 rings (SSSR count). The molecule has 0 atom stereocenters. The van der Waals surface area contributed by atoms with Crippen LogP contribution in [0.25, 0.3) is 10.6 Å². The first kappa shape index (κ1) is 16.6. The molecule has 0 aliphatic rings. The predicted octanol–water partition coefficient (Wildman–Crippen LogP) is 2.27. The van der Waals surface area contributed by atoms with Crippen molar-refractivity contribution in [2.24, 2.45) is 5.10 Å². The monoisotopic (exact) mass is 354 g/mol. The summed E-state index contributed by atoms with van der Waals surface area (Å²) in [6, 6.07) is 12.5. The third-order valence-electron chi connectivity index (χ3n) is 3.27. The Bertz CT molecular complexity index is 964. The Labute approximate surface area is 147 Å². The molecule has 2 aromatic heterocycles. The number of benzene rings is 1. The van der Waals surface area contributed by atoms with Gasteiger partial charge in [-0.1, -0.05) is 18.2 Å². The number of methoxy groups -OCH3 is 1. The lowest BCUT2D eigenvalue weighted by molar-refractivity contribution is 0.0949. The van der Waals surface area contributed by atoms with Crippen LogP contribution in [0.4, 0.5) is 0 Å². The van der Waals surface area contributed by atoms with E-state index in [2.05, 4.69) is 20.5 Å². The zero-order valence-electron chi connectivity index (χ0n) is 13.2. The molecule has 3 aromatic rings. The Balaban J connectivity index is 1.78. The molecule has 0 aliphatic carbocycles. The van der Waals surface area contributed by atoms with Gasteiger partial charge in [-0.05, 0) is 29.6 Å². The maximum Gasteiger partial charge on any atom is 0.346 e. The first-order chi connectivity index (χ1) is 12.2. The van der Waals surface area contributed by atoms with Crippen LogP contribution in [0.5, 0.6) is 5.75 Å². The average molecular weight is 354 g/mol. The Hall–Kier alpha value is -3.26. The lowest BCUT2D eigenvalue weighted by Crippen LogP contribution is -2.24. The van der Waals surface area contributed by atoms with E-state index in [4.69, 9.17) is 4.74 Å². The van der Waals surface area contributed by atoms with Gasteiger partial charge in [-0.2, -0.15) is 10.1 Å². The van der Waals surface area contributed by atoms with Crippen molar-refractivity contribution in [1.29, 1.82) is 0 Å². The van der Waals surface area contributed by atoms with E-state index in [-0.39, 0.29) is 5.69 Å². The molecule has 126 valence electrons. The van der Waals surface area contributed by atoms with Gasteiger partial charge < -0.3 is 9.72 Å². The number of aromatic nitrogens is 2. The van der Waals surface area contributed by atoms with Gasteiger partial charge in [0.15, 0.2) is 0 Å². The highest BCUT2D eigenvalue weighted by Gasteiger charge is 2.11. The Morgan fingerprint density at radius 3 is 2.92 bits per heavy atom. The van der Waals surface area contributed by atoms with E-state index in [9.17, 15) is 9.59 Å². The number of rotatable bonds is 5. The van der Waals surface area contributed by atoms with Gasteiger partial charge in [0, 0.05) is 5.56 Å². The van der Waals surface area contributed by atoms with Crippen LogP contribution in [-0.2, 0) is 0 Å². The van der Waals surface area contributed by atoms with Crippen molar-refractivity contribution in [3.63, 3.8) is 0 Å². The molecule has 2 N–H and O–H groups in total. The summed E-state index contributed by atoms with van der Waals surface area (Å²) < 4.78 is 5.20. The number of nitrogens with one attached hydrogen (secondary N) is 2. The van der Waals surface area contributed by atoms with Crippen molar-refractivity contribution < 1.29 is 9.53 Å². The number of hydrogen-bond acceptors (Lipinski definition) is 6. The molecule has 0 saturated heterocycles. The van der Waals surface area contributed by atoms with E-state index >= 15 is 0 Å². The molecule has 0 saturated carbocycles. The van der Waals surface area contributed by atoms with Gasteiger partial charge in [-0.25, -0.2) is 10.2 Å². The van der Waals surface area contributed by atoms with Crippen molar-refractivity contribution in [2.75, 3.05) is 7.11 Å². The molecule has 1 amide bonds. The number of amides is 1. The average Bonchev–Trinajstić information content (AvgIpc) is 3.16. The molecular formula is C17H14N4O3S. The number of aromatic amines is 1. The fourth-order valence-electron chi connectivity index (χ4n) is 2.13. The van der Waals surface area contributed by atoms with E-state index in [1.54, 1.807) is 19.2 Å². The van der Waals surface area contributed by atoms with Gasteiger partial charge in [-0.3, -0.25) is 4.79 Å². The number of para-hydroxylation sites is 1. The SMILES string of the molecule is COc1ccccc1/C=N/NC(=O)c1cc(-c2cccs2)[nH]c(=O)n1. The van der Waals surface area contributed by atoms with Gasteiger partial charge >= 0.3 is 5.69 Å². The van der Waals surface area contributed by atoms with Crippen molar-refractivity contribution in [1.82, 2.24) is 15.4 Å². The molecule has 7 nitrogen and oxygen atoms in total. The predicted molar refractivity (Wildman–Crippen MR) is 96.2 cm³/mol. The third kappa shape index (κ3) is 3.99. The second-order valence-corrected chi connectivity index (χ2v) is 5.85. The van der Waals surface area contributed by atoms with Gasteiger partial charge in [0.25, 0.3) is 5.91 Å². The highest BCUT2D eigenvalue weighted by molar-refractivity contribution is 7.13. The number of hydrazone groups is 1. The molecule has 0 radical (unpaired) electrons. The minimum atomic E-state index is -0.593. The summed E-state index contributed by atoms with van der Waals surface area (Å²) >= 11 is 1.45. The minimum absolute atomic E-state index is 0.00988. The lowest BCUT2D eigenvalue weighted by Gasteiger charge is -2.04. The smallest absolute Gasteiger partial charge is 0.346 e. The summed E-state index contributed by atoms with van der Waals surface area (Å²) in [6.07, 6.45) is 1.46. The number of carbonyl (C=O) groups is 1. The summed E-state index contributed by atoms with van der Waals surface area (Å²) in [6.45, 7) is 0. The maximum absolute atomic E-state index is 12.2. The Morgan fingerprint density at radius 1 is 1.32 bits per heavy atom. The summed E-state index contributed by atoms with van der Waals surface area (Å²) in [5, 5.41) is 5.77. The molecule has 2 heterocycles. The molecule has 0 aliphatic heterocycles. The van der Waals surface area contributed by atoms with E-state index in [1.165, 1.54) is 23.6 Å². The molecule has 0 unspecified atom stereocenters. The number of nitrogens with zero attached hydrogens (tertiary/aromatic N) is 2. The van der Waals surface area contributed by atoms with Gasteiger partial charge in [0.05, 0.1) is 23.9 Å². The highest BCUT2D eigenvalue weighted by Crippen LogP contribution is 2.21. The van der Waals surface area contributed by atoms with Crippen LogP contribution in [0.15, 0.2) is 57.7 Å². The van der Waals surface area contributed by atoms with Crippen molar-refractivity contribution >= 4 is 23.5 Å². The number of hydrogen-bond donors (Lipinski definition) is 2. The summed E-state index contributed by atoms with van der Waals surface area (Å²) in [7, 11) is 1.55. The fourth-order valence-corrected chi connectivity index (χ4v) is 2.83. The number of thiophene rings is 1. The summed E-state index contributed by atoms with van der Waals surface area (Å²) in [4.78, 5) is 31.0. The van der Waals surface area contributed by atoms with Gasteiger partial charge in [0.1, 0.15) is 11.4 Å². The molecule has 25 heavy (non-hydrogen) atoms. The second-order valence-electron chi connectivity index (χ2n) is 4.90. The Kier molecular flexibility index (Phi) is 5.00. The normalized spacial score (nSPS) is 10.8. The van der Waals surface area contributed by atoms with Crippen LogP contribution in [0, 0.1) is 0 Å². The van der Waals surface area contributed by atoms with Crippen LogP contribution in [0.3, 0.4) is 0 Å². The zero-order chi connectivity index (χ0) is 17.6. The largest absolute Gasteiger partial charge is 0.496 e. The van der Waals surface area contributed by atoms with Crippen molar-refractivity contribution in [3.05, 3.63) is 69.6 Å². The standard InChI is InChI=1S/C17H14N4O3S/c1-24-14-6-3-2-5-11(14)10-18-21-16(22)13-9-12(19-17(23)20-13)15-7-4-8-25-15/h2-10H,1H3,(H,21,22)(H,19,20,23)/b18-10+. The van der Waals surface area contributed by atoms with Crippen LogP contribution < -0.4 is 15.9 Å². The summed E-state index contributed by atoms with van der Waals surface area (Å²) in [5.74, 6) is 0.0600. The fraction of sp³-hybridized carbons (Fsp3) is 0.0588. The van der Waals surface area contributed by atoms with E-state index < -0.39 is 11.6 Å². The number of ether oxygens (including phenoxy) is 1. The maximum atomic E-state index is 12.2. The first-order valence-corrected chi connectivity index (χ1v) is 8.17. The summed E-state index contributed by atoms with van der Waals surface area (Å²) in [5.41, 5.74) is 3.01. The van der Waals surface area contributed by atoms with Crippen molar-refractivity contribution in [2.45, 2.75) is 0 Å². The first-order valence-electron chi connectivity index (χ1n) is 7.29. The molecule has 0 bridgehead atoms. The number of H-pyrrole nitrogens is 1. The third-order valence-corrected chi connectivity index (χ3v) is 4.18. The molecule has 0 fully saturated rings. The highest BCUT2D eigenvalue weighted by atomic mass is 32.1. The van der Waals surface area contributed by atoms with E-state index in [0.717, 1.165) is 4.88 Å². The molecular weight excluding hydrogens is 340 g/mol. The van der Waals surface area contributed by atoms with Gasteiger partial charge in [0.2, 0.25) is 0 Å². The topological polar surface area (TPSA) is 96.4 Å².